The number of ether oxygens (including phenoxy) is 1. The lowest BCUT2D eigenvalue weighted by Crippen LogP contribution is -2.19. The summed E-state index contributed by atoms with van der Waals surface area (Å²) < 4.78 is 7.97. The molecule has 0 aliphatic carbocycles. The molecule has 4 heteroatoms. The Bertz CT molecular complexity index is 613. The summed E-state index contributed by atoms with van der Waals surface area (Å²) in [5.41, 5.74) is 1.92. The molecule has 0 spiro atoms. The van der Waals surface area contributed by atoms with Gasteiger partial charge in [0.25, 0.3) is 0 Å². The lowest BCUT2D eigenvalue weighted by Gasteiger charge is -2.30. The van der Waals surface area contributed by atoms with E-state index in [4.69, 9.17) is 4.74 Å². The number of hydrogen-bond donors (Lipinski definition) is 1. The van der Waals surface area contributed by atoms with Crippen molar-refractivity contribution in [3.05, 3.63) is 62.5 Å². The summed E-state index contributed by atoms with van der Waals surface area (Å²) in [5, 5.41) is 10.3. The van der Waals surface area contributed by atoms with Crippen molar-refractivity contribution in [2.24, 2.45) is 0 Å². The van der Waals surface area contributed by atoms with Gasteiger partial charge in [0, 0.05) is 20.9 Å². The highest BCUT2D eigenvalue weighted by Gasteiger charge is 2.28. The summed E-state index contributed by atoms with van der Waals surface area (Å²) in [6.45, 7) is 0. The molecule has 1 heterocycles. The molecule has 2 atom stereocenters. The molecule has 1 unspecified atom stereocenters. The van der Waals surface area contributed by atoms with Crippen molar-refractivity contribution < 1.29 is 9.84 Å². The molecule has 98 valence electrons. The van der Waals surface area contributed by atoms with E-state index in [2.05, 4.69) is 31.9 Å². The molecule has 1 aliphatic heterocycles. The van der Waals surface area contributed by atoms with Gasteiger partial charge in [-0.05, 0) is 35.9 Å². The van der Waals surface area contributed by atoms with Crippen LogP contribution in [0.15, 0.2) is 51.4 Å². The first kappa shape index (κ1) is 13.2. The van der Waals surface area contributed by atoms with Crippen LogP contribution < -0.4 is 4.74 Å². The van der Waals surface area contributed by atoms with Crippen LogP contribution in [0, 0.1) is 0 Å². The molecule has 0 aromatic heterocycles. The lowest BCUT2D eigenvalue weighted by atomic mass is 9.95. The molecule has 0 saturated carbocycles. The largest absolute Gasteiger partial charge is 0.485 e. The first-order valence-electron chi connectivity index (χ1n) is 6.03. The number of benzene rings is 2. The van der Waals surface area contributed by atoms with Crippen molar-refractivity contribution >= 4 is 31.9 Å². The summed E-state index contributed by atoms with van der Waals surface area (Å²) in [7, 11) is 0. The van der Waals surface area contributed by atoms with Gasteiger partial charge in [-0.15, -0.1) is 0 Å². The number of aliphatic hydroxyl groups excluding tert-OH is 1. The average molecular weight is 384 g/mol. The van der Waals surface area contributed by atoms with Crippen LogP contribution in [0.2, 0.25) is 0 Å². The minimum absolute atomic E-state index is 0.110. The van der Waals surface area contributed by atoms with E-state index in [-0.39, 0.29) is 6.10 Å². The first-order chi connectivity index (χ1) is 9.13. The van der Waals surface area contributed by atoms with Crippen LogP contribution in [0.1, 0.15) is 29.8 Å². The third-order valence-corrected chi connectivity index (χ3v) is 4.24. The maximum absolute atomic E-state index is 10.3. The molecule has 0 fully saturated rings. The minimum Gasteiger partial charge on any atom is -0.485 e. The van der Waals surface area contributed by atoms with Crippen LogP contribution in [0.3, 0.4) is 0 Å². The molecule has 0 amide bonds. The summed E-state index contributed by atoms with van der Waals surface area (Å²) in [4.78, 5) is 0. The van der Waals surface area contributed by atoms with Gasteiger partial charge in [-0.1, -0.05) is 44.0 Å². The van der Waals surface area contributed by atoms with E-state index in [1.165, 1.54) is 0 Å². The summed E-state index contributed by atoms with van der Waals surface area (Å²) >= 11 is 6.88. The minimum atomic E-state index is -0.495. The summed E-state index contributed by atoms with van der Waals surface area (Å²) in [5.74, 6) is 0.756. The quantitative estimate of drug-likeness (QED) is 0.768. The molecular weight excluding hydrogens is 372 g/mol. The van der Waals surface area contributed by atoms with Crippen LogP contribution in [0.25, 0.3) is 0 Å². The van der Waals surface area contributed by atoms with Gasteiger partial charge in [-0.2, -0.15) is 0 Å². The van der Waals surface area contributed by atoms with Crippen LogP contribution in [-0.4, -0.2) is 5.11 Å². The Labute approximate surface area is 128 Å². The summed E-state index contributed by atoms with van der Waals surface area (Å²) in [6.07, 6.45) is -0.0358. The third-order valence-electron chi connectivity index (χ3n) is 3.26. The normalized spacial score (nSPS) is 21.6. The maximum atomic E-state index is 10.3. The van der Waals surface area contributed by atoms with E-state index in [9.17, 15) is 5.11 Å². The van der Waals surface area contributed by atoms with Crippen molar-refractivity contribution in [1.29, 1.82) is 0 Å². The van der Waals surface area contributed by atoms with Gasteiger partial charge in [0.15, 0.2) is 0 Å². The fourth-order valence-electron chi connectivity index (χ4n) is 2.33. The highest BCUT2D eigenvalue weighted by molar-refractivity contribution is 9.10. The predicted octanol–water partition coefficient (Wildman–Crippen LogP) is 4.77. The lowest BCUT2D eigenvalue weighted by molar-refractivity contribution is 0.0656. The Morgan fingerprint density at radius 1 is 1.05 bits per heavy atom. The van der Waals surface area contributed by atoms with E-state index in [1.807, 2.05) is 42.5 Å². The zero-order valence-electron chi connectivity index (χ0n) is 10.0. The van der Waals surface area contributed by atoms with E-state index < -0.39 is 6.10 Å². The smallest absolute Gasteiger partial charge is 0.127 e. The Kier molecular flexibility index (Phi) is 3.65. The number of halogens is 2. The second kappa shape index (κ2) is 5.27. The number of fused-ring (bicyclic) bond motifs is 1. The fourth-order valence-corrected chi connectivity index (χ4v) is 3.12. The van der Waals surface area contributed by atoms with E-state index in [0.717, 1.165) is 25.8 Å². The van der Waals surface area contributed by atoms with E-state index in [0.29, 0.717) is 6.42 Å². The van der Waals surface area contributed by atoms with Gasteiger partial charge >= 0.3 is 0 Å². The SMILES string of the molecule is O[C@@H]1CC(c2cccc(Br)c2)Oc2ccc(Br)cc21. The van der Waals surface area contributed by atoms with Gasteiger partial charge in [0.05, 0.1) is 6.10 Å². The van der Waals surface area contributed by atoms with Crippen molar-refractivity contribution in [3.8, 4) is 5.75 Å². The molecule has 0 radical (unpaired) electrons. The second-order valence-electron chi connectivity index (χ2n) is 4.60. The molecule has 0 bridgehead atoms. The molecule has 2 aromatic carbocycles. The van der Waals surface area contributed by atoms with Crippen LogP contribution >= 0.6 is 31.9 Å². The standard InChI is InChI=1S/C15H12Br2O2/c16-10-3-1-2-9(6-10)15-8-13(18)12-7-11(17)4-5-14(12)19-15/h1-7,13,15,18H,8H2/t13-,15?/m1/s1. The molecule has 19 heavy (non-hydrogen) atoms. The number of aliphatic hydroxyl groups is 1. The zero-order chi connectivity index (χ0) is 13.4. The molecule has 1 N–H and O–H groups in total. The Balaban J connectivity index is 1.95. The molecule has 3 rings (SSSR count). The van der Waals surface area contributed by atoms with Gasteiger partial charge in [-0.25, -0.2) is 0 Å². The predicted molar refractivity (Wildman–Crippen MR) is 81.2 cm³/mol. The monoisotopic (exact) mass is 382 g/mol. The van der Waals surface area contributed by atoms with Crippen molar-refractivity contribution in [1.82, 2.24) is 0 Å². The van der Waals surface area contributed by atoms with Crippen LogP contribution in [-0.2, 0) is 0 Å². The highest BCUT2D eigenvalue weighted by atomic mass is 79.9. The number of rotatable bonds is 1. The summed E-state index contributed by atoms with van der Waals surface area (Å²) in [6, 6.07) is 13.7. The zero-order valence-corrected chi connectivity index (χ0v) is 13.2. The molecule has 1 aliphatic rings. The van der Waals surface area contributed by atoms with Crippen molar-refractivity contribution in [2.75, 3.05) is 0 Å². The highest BCUT2D eigenvalue weighted by Crippen LogP contribution is 2.42. The number of hydrogen-bond acceptors (Lipinski definition) is 2. The molecule has 2 aromatic rings. The molecular formula is C15H12Br2O2. The van der Waals surface area contributed by atoms with E-state index >= 15 is 0 Å². The Morgan fingerprint density at radius 3 is 2.63 bits per heavy atom. The third kappa shape index (κ3) is 2.71. The van der Waals surface area contributed by atoms with Crippen LogP contribution in [0.4, 0.5) is 0 Å². The van der Waals surface area contributed by atoms with Gasteiger partial charge in [0.2, 0.25) is 0 Å². The molecule has 0 saturated heterocycles. The average Bonchev–Trinajstić information content (AvgIpc) is 2.39. The van der Waals surface area contributed by atoms with Crippen molar-refractivity contribution in [3.63, 3.8) is 0 Å². The van der Waals surface area contributed by atoms with Gasteiger partial charge < -0.3 is 9.84 Å². The second-order valence-corrected chi connectivity index (χ2v) is 6.43. The Hall–Kier alpha value is -0.840. The van der Waals surface area contributed by atoms with E-state index in [1.54, 1.807) is 0 Å². The fraction of sp³-hybridized carbons (Fsp3) is 0.200. The van der Waals surface area contributed by atoms with Gasteiger partial charge in [0.1, 0.15) is 11.9 Å². The maximum Gasteiger partial charge on any atom is 0.127 e. The topological polar surface area (TPSA) is 29.5 Å². The van der Waals surface area contributed by atoms with Crippen molar-refractivity contribution in [2.45, 2.75) is 18.6 Å². The Morgan fingerprint density at radius 2 is 1.84 bits per heavy atom. The first-order valence-corrected chi connectivity index (χ1v) is 7.62. The van der Waals surface area contributed by atoms with Gasteiger partial charge in [-0.3, -0.25) is 0 Å². The molecule has 2 nitrogen and oxygen atoms in total. The van der Waals surface area contributed by atoms with Crippen LogP contribution in [0.5, 0.6) is 5.75 Å².